The fourth-order valence-electron chi connectivity index (χ4n) is 2.94. The second-order valence-electron chi connectivity index (χ2n) is 6.75. The fraction of sp³-hybridized carbons (Fsp3) is 0.136. The molecule has 3 heterocycles. The van der Waals surface area contributed by atoms with E-state index in [-0.39, 0.29) is 24.0 Å². The first kappa shape index (κ1) is 21.3. The molecule has 0 aliphatic heterocycles. The summed E-state index contributed by atoms with van der Waals surface area (Å²) < 4.78 is 7.34. The number of benzene rings is 1. The first-order valence-electron chi connectivity index (χ1n) is 9.79. The second kappa shape index (κ2) is 10.4. The number of carbonyl (C=O) groups excluding carboxylic acids is 2. The quantitative estimate of drug-likeness (QED) is 0.314. The minimum atomic E-state index is -0.352. The number of furan rings is 1. The van der Waals surface area contributed by atoms with Crippen molar-refractivity contribution in [3.05, 3.63) is 84.6 Å². The molecule has 0 saturated heterocycles. The molecule has 0 radical (unpaired) electrons. The van der Waals surface area contributed by atoms with Crippen LogP contribution in [0.3, 0.4) is 0 Å². The summed E-state index contributed by atoms with van der Waals surface area (Å²) in [7, 11) is 0. The molecule has 0 spiro atoms. The van der Waals surface area contributed by atoms with Crippen molar-refractivity contribution in [3.8, 4) is 11.4 Å². The van der Waals surface area contributed by atoms with Crippen LogP contribution in [0.5, 0.6) is 0 Å². The van der Waals surface area contributed by atoms with Crippen molar-refractivity contribution >= 4 is 23.6 Å². The van der Waals surface area contributed by atoms with Gasteiger partial charge in [-0.2, -0.15) is 0 Å². The Morgan fingerprint density at radius 3 is 2.47 bits per heavy atom. The number of nitrogens with zero attached hydrogens (tertiary/aromatic N) is 4. The number of pyridine rings is 1. The van der Waals surface area contributed by atoms with Crippen LogP contribution < -0.4 is 10.9 Å². The van der Waals surface area contributed by atoms with Gasteiger partial charge in [0.25, 0.3) is 0 Å². The van der Waals surface area contributed by atoms with Crippen molar-refractivity contribution in [1.29, 1.82) is 0 Å². The summed E-state index contributed by atoms with van der Waals surface area (Å²) >= 11 is 1.22. The minimum absolute atomic E-state index is 0.0538. The van der Waals surface area contributed by atoms with Gasteiger partial charge in [0, 0.05) is 18.0 Å². The molecule has 162 valence electrons. The third-order valence-electron chi connectivity index (χ3n) is 4.43. The zero-order valence-electron chi connectivity index (χ0n) is 17.0. The van der Waals surface area contributed by atoms with Gasteiger partial charge in [0.1, 0.15) is 5.76 Å². The van der Waals surface area contributed by atoms with E-state index in [4.69, 9.17) is 4.42 Å². The lowest BCUT2D eigenvalue weighted by Gasteiger charge is -2.09. The van der Waals surface area contributed by atoms with Crippen LogP contribution in [0.4, 0.5) is 0 Å². The molecule has 1 aromatic carbocycles. The number of aromatic nitrogens is 4. The van der Waals surface area contributed by atoms with Gasteiger partial charge < -0.3 is 4.42 Å². The standard InChI is InChI=1S/C22H20N6O3S/c29-19(13-16-5-2-1-3-6-16)24-25-20(30)15-32-22-27-26-21(17-8-10-23-11-9-17)28(22)14-18-7-4-12-31-18/h1-12H,13-15H2,(H,24,29)(H,25,30). The van der Waals surface area contributed by atoms with Gasteiger partial charge in [0.15, 0.2) is 11.0 Å². The Balaban J connectivity index is 1.37. The molecule has 4 rings (SSSR count). The average molecular weight is 449 g/mol. The minimum Gasteiger partial charge on any atom is -0.467 e. The molecule has 3 aromatic heterocycles. The summed E-state index contributed by atoms with van der Waals surface area (Å²) in [6, 6.07) is 16.6. The monoisotopic (exact) mass is 448 g/mol. The Morgan fingerprint density at radius 2 is 1.72 bits per heavy atom. The smallest absolute Gasteiger partial charge is 0.248 e. The molecule has 4 aromatic rings. The van der Waals surface area contributed by atoms with E-state index in [9.17, 15) is 9.59 Å². The molecule has 0 unspecified atom stereocenters. The molecule has 2 amide bonds. The average Bonchev–Trinajstić information content (AvgIpc) is 3.48. The number of nitrogens with one attached hydrogen (secondary N) is 2. The Kier molecular flexibility index (Phi) is 6.93. The SMILES string of the molecule is O=C(CSc1nnc(-c2ccncc2)n1Cc1ccco1)NNC(=O)Cc1ccccc1. The zero-order chi connectivity index (χ0) is 22.2. The number of hydrazine groups is 1. The number of hydrogen-bond donors (Lipinski definition) is 2. The molecular weight excluding hydrogens is 428 g/mol. The highest BCUT2D eigenvalue weighted by molar-refractivity contribution is 7.99. The van der Waals surface area contributed by atoms with E-state index in [0.29, 0.717) is 17.5 Å². The van der Waals surface area contributed by atoms with Crippen molar-refractivity contribution in [2.45, 2.75) is 18.1 Å². The number of hydrogen-bond acceptors (Lipinski definition) is 7. The Morgan fingerprint density at radius 1 is 0.938 bits per heavy atom. The maximum atomic E-state index is 12.2. The lowest BCUT2D eigenvalue weighted by molar-refractivity contribution is -0.127. The lowest BCUT2D eigenvalue weighted by Crippen LogP contribution is -2.43. The van der Waals surface area contributed by atoms with Crippen LogP contribution in [0, 0.1) is 0 Å². The van der Waals surface area contributed by atoms with Crippen molar-refractivity contribution in [2.75, 3.05) is 5.75 Å². The fourth-order valence-corrected chi connectivity index (χ4v) is 3.68. The summed E-state index contributed by atoms with van der Waals surface area (Å²) in [6.07, 6.45) is 5.14. The molecule has 0 fully saturated rings. The molecular formula is C22H20N6O3S. The van der Waals surface area contributed by atoms with Gasteiger partial charge in [0.2, 0.25) is 11.8 Å². The van der Waals surface area contributed by atoms with E-state index in [1.54, 1.807) is 18.7 Å². The van der Waals surface area contributed by atoms with E-state index in [1.807, 2.05) is 59.2 Å². The summed E-state index contributed by atoms with van der Waals surface area (Å²) in [4.78, 5) is 28.3. The van der Waals surface area contributed by atoms with Gasteiger partial charge in [-0.25, -0.2) is 0 Å². The van der Waals surface area contributed by atoms with Crippen LogP contribution in [-0.4, -0.2) is 37.3 Å². The second-order valence-corrected chi connectivity index (χ2v) is 7.70. The van der Waals surface area contributed by atoms with Crippen LogP contribution in [0.15, 0.2) is 82.8 Å². The maximum absolute atomic E-state index is 12.2. The van der Waals surface area contributed by atoms with E-state index >= 15 is 0 Å². The molecule has 0 aliphatic rings. The third-order valence-corrected chi connectivity index (χ3v) is 5.40. The number of carbonyl (C=O) groups is 2. The molecule has 9 nitrogen and oxygen atoms in total. The zero-order valence-corrected chi connectivity index (χ0v) is 17.8. The topological polar surface area (TPSA) is 115 Å². The van der Waals surface area contributed by atoms with Crippen LogP contribution >= 0.6 is 11.8 Å². The summed E-state index contributed by atoms with van der Waals surface area (Å²) in [5.41, 5.74) is 6.58. The summed E-state index contributed by atoms with van der Waals surface area (Å²) in [5.74, 6) is 0.783. The van der Waals surface area contributed by atoms with Crippen LogP contribution in [0.2, 0.25) is 0 Å². The first-order chi connectivity index (χ1) is 15.7. The van der Waals surface area contributed by atoms with E-state index < -0.39 is 0 Å². The van der Waals surface area contributed by atoms with Crippen molar-refractivity contribution in [1.82, 2.24) is 30.6 Å². The Labute approximate surface area is 188 Å². The predicted octanol–water partition coefficient (Wildman–Crippen LogP) is 2.46. The van der Waals surface area contributed by atoms with Crippen LogP contribution in [-0.2, 0) is 22.6 Å². The van der Waals surface area contributed by atoms with Gasteiger partial charge in [-0.3, -0.25) is 30.0 Å². The third kappa shape index (κ3) is 5.61. The Hall–Kier alpha value is -3.92. The molecule has 10 heteroatoms. The molecule has 32 heavy (non-hydrogen) atoms. The molecule has 0 bridgehead atoms. The highest BCUT2D eigenvalue weighted by Gasteiger charge is 2.17. The van der Waals surface area contributed by atoms with Gasteiger partial charge in [-0.1, -0.05) is 42.1 Å². The van der Waals surface area contributed by atoms with Crippen LogP contribution in [0.25, 0.3) is 11.4 Å². The van der Waals surface area contributed by atoms with Crippen molar-refractivity contribution in [3.63, 3.8) is 0 Å². The van der Waals surface area contributed by atoms with Crippen molar-refractivity contribution < 1.29 is 14.0 Å². The number of rotatable bonds is 8. The number of amides is 2. The van der Waals surface area contributed by atoms with Gasteiger partial charge >= 0.3 is 0 Å². The summed E-state index contributed by atoms with van der Waals surface area (Å²) in [5, 5.41) is 9.08. The maximum Gasteiger partial charge on any atom is 0.248 e. The van der Waals surface area contributed by atoms with Crippen LogP contribution in [0.1, 0.15) is 11.3 Å². The Bertz CT molecular complexity index is 1160. The molecule has 2 N–H and O–H groups in total. The number of thioether (sulfide) groups is 1. The molecule has 0 aliphatic carbocycles. The largest absolute Gasteiger partial charge is 0.467 e. The summed E-state index contributed by atoms with van der Waals surface area (Å²) in [6.45, 7) is 0.412. The van der Waals surface area contributed by atoms with Crippen molar-refractivity contribution in [2.24, 2.45) is 0 Å². The van der Waals surface area contributed by atoms with Gasteiger partial charge in [0.05, 0.1) is 25.0 Å². The van der Waals surface area contributed by atoms with Gasteiger partial charge in [-0.05, 0) is 29.8 Å². The van der Waals surface area contributed by atoms with E-state index in [2.05, 4.69) is 26.0 Å². The normalized spacial score (nSPS) is 10.6. The molecule has 0 atom stereocenters. The van der Waals surface area contributed by atoms with Gasteiger partial charge in [-0.15, -0.1) is 10.2 Å². The predicted molar refractivity (Wildman–Crippen MR) is 118 cm³/mol. The first-order valence-corrected chi connectivity index (χ1v) is 10.8. The van der Waals surface area contributed by atoms with E-state index in [1.165, 1.54) is 11.8 Å². The van der Waals surface area contributed by atoms with E-state index in [0.717, 1.165) is 16.9 Å². The molecule has 0 saturated carbocycles. The lowest BCUT2D eigenvalue weighted by atomic mass is 10.1. The highest BCUT2D eigenvalue weighted by atomic mass is 32.2. The highest BCUT2D eigenvalue weighted by Crippen LogP contribution is 2.24.